The lowest BCUT2D eigenvalue weighted by molar-refractivity contribution is -0.119. The van der Waals surface area contributed by atoms with E-state index in [2.05, 4.69) is 29.0 Å². The van der Waals surface area contributed by atoms with E-state index in [0.717, 1.165) is 30.0 Å². The normalized spacial score (nSPS) is 11.8. The molecule has 2 rings (SSSR count). The van der Waals surface area contributed by atoms with E-state index in [9.17, 15) is 4.79 Å². The predicted molar refractivity (Wildman–Crippen MR) is 105 cm³/mol. The highest BCUT2D eigenvalue weighted by Gasteiger charge is 2.15. The van der Waals surface area contributed by atoms with Gasteiger partial charge in [-0.15, -0.1) is 16.8 Å². The van der Waals surface area contributed by atoms with E-state index in [1.807, 2.05) is 35.8 Å². The van der Waals surface area contributed by atoms with Gasteiger partial charge in [0, 0.05) is 18.2 Å². The topological polar surface area (TPSA) is 69.0 Å². The number of carbonyl (C=O) groups excluding carboxylic acids is 1. The summed E-state index contributed by atoms with van der Waals surface area (Å²) >= 11 is 1.38. The minimum Gasteiger partial charge on any atom is -0.497 e. The summed E-state index contributed by atoms with van der Waals surface area (Å²) in [6.45, 7) is 8.51. The van der Waals surface area contributed by atoms with Gasteiger partial charge in [0.25, 0.3) is 0 Å². The van der Waals surface area contributed by atoms with Gasteiger partial charge in [-0.2, -0.15) is 0 Å². The number of methoxy groups -OCH3 is 1. The summed E-state index contributed by atoms with van der Waals surface area (Å²) in [5.41, 5.74) is 0.938. The Labute approximate surface area is 159 Å². The number of rotatable bonds is 10. The number of nitrogens with zero attached hydrogens (tertiary/aromatic N) is 3. The molecule has 1 unspecified atom stereocenters. The third-order valence-electron chi connectivity index (χ3n) is 3.84. The third kappa shape index (κ3) is 5.36. The molecule has 0 aliphatic carbocycles. The van der Waals surface area contributed by atoms with Crippen LogP contribution in [0.4, 0.5) is 0 Å². The molecule has 6 nitrogen and oxygen atoms in total. The Hall–Kier alpha value is -2.28. The van der Waals surface area contributed by atoms with Gasteiger partial charge < -0.3 is 10.1 Å². The first-order chi connectivity index (χ1) is 12.6. The molecule has 0 radical (unpaired) electrons. The lowest BCUT2D eigenvalue weighted by atomic mass is 10.2. The first-order valence-corrected chi connectivity index (χ1v) is 9.68. The van der Waals surface area contributed by atoms with Gasteiger partial charge in [-0.25, -0.2) is 0 Å². The second kappa shape index (κ2) is 10.0. The molecule has 0 bridgehead atoms. The van der Waals surface area contributed by atoms with Crippen LogP contribution >= 0.6 is 11.8 Å². The van der Waals surface area contributed by atoms with Crippen LogP contribution in [0.5, 0.6) is 5.75 Å². The molecular formula is C19H26N4O2S. The molecule has 1 heterocycles. The Morgan fingerprint density at radius 2 is 2.12 bits per heavy atom. The molecule has 0 aliphatic rings. The molecule has 140 valence electrons. The lowest BCUT2D eigenvalue weighted by Gasteiger charge is -2.12. The maximum absolute atomic E-state index is 12.1. The maximum Gasteiger partial charge on any atom is 0.230 e. The fraction of sp³-hybridized carbons (Fsp3) is 0.421. The maximum atomic E-state index is 12.1. The summed E-state index contributed by atoms with van der Waals surface area (Å²) < 4.78 is 7.15. The van der Waals surface area contributed by atoms with E-state index >= 15 is 0 Å². The minimum absolute atomic E-state index is 0.00935. The van der Waals surface area contributed by atoms with Gasteiger partial charge in [0.1, 0.15) is 5.75 Å². The highest BCUT2D eigenvalue weighted by Crippen LogP contribution is 2.25. The van der Waals surface area contributed by atoms with E-state index in [4.69, 9.17) is 4.74 Å². The molecule has 1 aromatic carbocycles. The molecule has 1 amide bonds. The summed E-state index contributed by atoms with van der Waals surface area (Å²) in [5, 5.41) is 12.3. The average molecular weight is 375 g/mol. The van der Waals surface area contributed by atoms with E-state index in [-0.39, 0.29) is 11.9 Å². The van der Waals surface area contributed by atoms with Crippen molar-refractivity contribution in [3.63, 3.8) is 0 Å². The molecule has 0 aliphatic heterocycles. The smallest absolute Gasteiger partial charge is 0.230 e. The Bertz CT molecular complexity index is 728. The highest BCUT2D eigenvalue weighted by molar-refractivity contribution is 7.99. The van der Waals surface area contributed by atoms with Crippen LogP contribution < -0.4 is 10.1 Å². The summed E-state index contributed by atoms with van der Waals surface area (Å²) in [4.78, 5) is 12.1. The number of ether oxygens (including phenoxy) is 1. The Balaban J connectivity index is 2.10. The van der Waals surface area contributed by atoms with Crippen molar-refractivity contribution in [1.29, 1.82) is 0 Å². The number of amides is 1. The molecule has 0 saturated heterocycles. The van der Waals surface area contributed by atoms with Crippen molar-refractivity contribution < 1.29 is 9.53 Å². The molecule has 0 saturated carbocycles. The molecule has 1 aromatic heterocycles. The molecule has 26 heavy (non-hydrogen) atoms. The number of hydrogen-bond donors (Lipinski definition) is 1. The van der Waals surface area contributed by atoms with Crippen LogP contribution in [-0.2, 0) is 11.3 Å². The van der Waals surface area contributed by atoms with Gasteiger partial charge >= 0.3 is 0 Å². The van der Waals surface area contributed by atoms with Crippen LogP contribution in [0.1, 0.15) is 26.7 Å². The van der Waals surface area contributed by atoms with Gasteiger partial charge in [-0.05, 0) is 37.6 Å². The van der Waals surface area contributed by atoms with Gasteiger partial charge in [0.2, 0.25) is 5.91 Å². The van der Waals surface area contributed by atoms with Crippen LogP contribution in [0.3, 0.4) is 0 Å². The first-order valence-electron chi connectivity index (χ1n) is 8.69. The molecule has 1 N–H and O–H groups in total. The average Bonchev–Trinajstić information content (AvgIpc) is 3.03. The van der Waals surface area contributed by atoms with Crippen LogP contribution in [-0.4, -0.2) is 39.6 Å². The lowest BCUT2D eigenvalue weighted by Crippen LogP contribution is -2.33. The zero-order chi connectivity index (χ0) is 18.9. The molecular weight excluding hydrogens is 348 g/mol. The number of nitrogens with one attached hydrogen (secondary N) is 1. The zero-order valence-electron chi connectivity index (χ0n) is 15.6. The Morgan fingerprint density at radius 1 is 1.38 bits per heavy atom. The zero-order valence-corrected chi connectivity index (χ0v) is 16.4. The van der Waals surface area contributed by atoms with Crippen LogP contribution in [0, 0.1) is 0 Å². The van der Waals surface area contributed by atoms with E-state index in [0.29, 0.717) is 17.5 Å². The number of carbonyl (C=O) groups is 1. The molecule has 0 fully saturated rings. The number of hydrogen-bond acceptors (Lipinski definition) is 5. The predicted octanol–water partition coefficient (Wildman–Crippen LogP) is 3.54. The first kappa shape index (κ1) is 20.0. The van der Waals surface area contributed by atoms with Crippen LogP contribution in [0.15, 0.2) is 42.1 Å². The summed E-state index contributed by atoms with van der Waals surface area (Å²) in [6, 6.07) is 7.84. The van der Waals surface area contributed by atoms with Crippen molar-refractivity contribution in [2.24, 2.45) is 0 Å². The quantitative estimate of drug-likeness (QED) is 0.509. The summed E-state index contributed by atoms with van der Waals surface area (Å²) in [6.07, 6.45) is 3.82. The van der Waals surface area contributed by atoms with E-state index in [1.54, 1.807) is 13.2 Å². The number of benzene rings is 1. The monoisotopic (exact) mass is 374 g/mol. The molecule has 1 atom stereocenters. The van der Waals surface area contributed by atoms with Gasteiger partial charge in [-0.1, -0.05) is 31.2 Å². The van der Waals surface area contributed by atoms with Gasteiger partial charge in [0.05, 0.1) is 12.9 Å². The molecule has 0 spiro atoms. The van der Waals surface area contributed by atoms with Crippen molar-refractivity contribution in [3.05, 3.63) is 36.9 Å². The van der Waals surface area contributed by atoms with Crippen LogP contribution in [0.25, 0.3) is 11.4 Å². The van der Waals surface area contributed by atoms with Crippen molar-refractivity contribution in [1.82, 2.24) is 20.1 Å². The van der Waals surface area contributed by atoms with Crippen molar-refractivity contribution in [3.8, 4) is 17.1 Å². The fourth-order valence-corrected chi connectivity index (χ4v) is 3.35. The third-order valence-corrected chi connectivity index (χ3v) is 4.80. The SMILES string of the molecule is C=CCn1c(SCC(=O)NC(C)CCC)nnc1-c1ccc(OC)cc1. The standard InChI is InChI=1S/C19H26N4O2S/c1-5-7-14(3)20-17(24)13-26-19-22-21-18(23(19)12-6-2)15-8-10-16(25-4)11-9-15/h6,8-11,14H,2,5,7,12-13H2,1,3-4H3,(H,20,24). The Morgan fingerprint density at radius 3 is 2.73 bits per heavy atom. The van der Waals surface area contributed by atoms with Crippen molar-refractivity contribution >= 4 is 17.7 Å². The largest absolute Gasteiger partial charge is 0.497 e. The number of allylic oxidation sites excluding steroid dienone is 1. The number of aromatic nitrogens is 3. The van der Waals surface area contributed by atoms with E-state index in [1.165, 1.54) is 11.8 Å². The van der Waals surface area contributed by atoms with Gasteiger partial charge in [0.15, 0.2) is 11.0 Å². The molecule has 2 aromatic rings. The van der Waals surface area contributed by atoms with Crippen molar-refractivity contribution in [2.45, 2.75) is 44.4 Å². The molecule has 7 heteroatoms. The van der Waals surface area contributed by atoms with Gasteiger partial charge in [-0.3, -0.25) is 9.36 Å². The minimum atomic E-state index is 0.00935. The highest BCUT2D eigenvalue weighted by atomic mass is 32.2. The summed E-state index contributed by atoms with van der Waals surface area (Å²) in [7, 11) is 1.64. The van der Waals surface area contributed by atoms with E-state index < -0.39 is 0 Å². The van der Waals surface area contributed by atoms with Crippen LogP contribution in [0.2, 0.25) is 0 Å². The fourth-order valence-electron chi connectivity index (χ4n) is 2.59. The Kier molecular flexibility index (Phi) is 7.72. The summed E-state index contributed by atoms with van der Waals surface area (Å²) in [5.74, 6) is 1.85. The number of thioether (sulfide) groups is 1. The van der Waals surface area contributed by atoms with Crippen molar-refractivity contribution in [2.75, 3.05) is 12.9 Å². The second-order valence-corrected chi connectivity index (χ2v) is 6.92. The second-order valence-electron chi connectivity index (χ2n) is 5.98.